The van der Waals surface area contributed by atoms with Crippen molar-refractivity contribution in [1.82, 2.24) is 0 Å². The molecule has 4 aromatic rings. The van der Waals surface area contributed by atoms with Crippen molar-refractivity contribution in [3.8, 4) is 34.1 Å². The molecule has 0 amide bonds. The number of ether oxygens (including phenoxy) is 1. The molecule has 1 aliphatic heterocycles. The van der Waals surface area contributed by atoms with Crippen LogP contribution >= 0.6 is 0 Å². The Morgan fingerprint density at radius 1 is 0.660 bits per heavy atom. The Balaban J connectivity index is 1.52. The zero-order valence-electron chi connectivity index (χ0n) is 24.8. The average molecular weight is 641 g/mol. The van der Waals surface area contributed by atoms with E-state index >= 15 is 0 Å². The fourth-order valence-electron chi connectivity index (χ4n) is 7.23. The third-order valence-corrected chi connectivity index (χ3v) is 9.37. The molecule has 12 heteroatoms. The molecule has 0 saturated carbocycles. The molecule has 7 rings (SSSR count). The van der Waals surface area contributed by atoms with Crippen LogP contribution in [-0.2, 0) is 10.3 Å². The molecule has 47 heavy (non-hydrogen) atoms. The van der Waals surface area contributed by atoms with Crippen molar-refractivity contribution in [3.63, 3.8) is 0 Å². The lowest BCUT2D eigenvalue weighted by Gasteiger charge is -2.47. The van der Waals surface area contributed by atoms with Crippen molar-refractivity contribution in [1.29, 1.82) is 0 Å². The zero-order chi connectivity index (χ0) is 33.9. The standard InChI is InChI=1S/C35H28O12/c1-12-8-17-24(19(37)9-12)32(44)25-16(35(17,46)34-33(45)30(42)21(39)11-47-34)7-6-15(28(25)40)22-13(2)10-20(38)26-27(22)29(41)14-4-3-5-18(36)23(14)31(26)43/h3-10,21,30,33-34,36-40,42,45-46H,11H2,1-2H3/t21-,30-,33+,34-,35-/m0/s1. The molecule has 4 aromatic carbocycles. The van der Waals surface area contributed by atoms with Crippen molar-refractivity contribution in [2.45, 2.75) is 43.9 Å². The molecular formula is C35H28O12. The summed E-state index contributed by atoms with van der Waals surface area (Å²) in [6, 6.07) is 10.3. The first-order chi connectivity index (χ1) is 22.2. The SMILES string of the molecule is Cc1cc(O)c2c(c1)[C@](O)([C@H]1OC[C@H](O)[C@H](O)[C@H]1O)c1ccc(-c3c(C)cc(O)c4c3C(=O)c3cccc(O)c3C4=O)c(O)c1C2=O. The molecule has 0 aromatic heterocycles. The van der Waals surface area contributed by atoms with Crippen molar-refractivity contribution >= 4 is 17.3 Å². The van der Waals surface area contributed by atoms with Crippen LogP contribution in [0.25, 0.3) is 11.1 Å². The van der Waals surface area contributed by atoms with Gasteiger partial charge < -0.3 is 45.6 Å². The van der Waals surface area contributed by atoms with Gasteiger partial charge in [-0.1, -0.05) is 30.3 Å². The number of fused-ring (bicyclic) bond motifs is 4. The Kier molecular flexibility index (Phi) is 6.62. The summed E-state index contributed by atoms with van der Waals surface area (Å²) in [5.74, 6) is -4.84. The maximum Gasteiger partial charge on any atom is 0.201 e. The number of aryl methyl sites for hydroxylation is 2. The van der Waals surface area contributed by atoms with Gasteiger partial charge in [-0.3, -0.25) is 14.4 Å². The number of aromatic hydroxyl groups is 4. The number of hydrogen-bond donors (Lipinski definition) is 8. The molecule has 0 radical (unpaired) electrons. The number of phenols is 4. The highest BCUT2D eigenvalue weighted by Gasteiger charge is 2.56. The largest absolute Gasteiger partial charge is 0.507 e. The first-order valence-electron chi connectivity index (χ1n) is 14.6. The second-order valence-electron chi connectivity index (χ2n) is 12.2. The molecular weight excluding hydrogens is 612 g/mol. The molecule has 2 aliphatic carbocycles. The fraction of sp³-hybridized carbons (Fsp3) is 0.229. The van der Waals surface area contributed by atoms with E-state index in [-0.39, 0.29) is 44.5 Å². The van der Waals surface area contributed by atoms with E-state index in [0.29, 0.717) is 5.56 Å². The molecule has 12 nitrogen and oxygen atoms in total. The molecule has 0 spiro atoms. The molecule has 0 bridgehead atoms. The second-order valence-corrected chi connectivity index (χ2v) is 12.2. The molecule has 3 aliphatic rings. The number of carbonyl (C=O) groups is 3. The Hall–Kier alpha value is -5.11. The van der Waals surface area contributed by atoms with Gasteiger partial charge in [0, 0.05) is 33.4 Å². The Labute approximate surface area is 266 Å². The highest BCUT2D eigenvalue weighted by atomic mass is 16.5. The zero-order valence-corrected chi connectivity index (χ0v) is 24.8. The average Bonchev–Trinajstić information content (AvgIpc) is 3.01. The van der Waals surface area contributed by atoms with Gasteiger partial charge >= 0.3 is 0 Å². The van der Waals surface area contributed by atoms with Crippen LogP contribution in [0.5, 0.6) is 23.0 Å². The normalized spacial score (nSPS) is 24.8. The summed E-state index contributed by atoms with van der Waals surface area (Å²) in [7, 11) is 0. The smallest absolute Gasteiger partial charge is 0.201 e. The van der Waals surface area contributed by atoms with Crippen molar-refractivity contribution in [3.05, 3.63) is 104 Å². The quantitative estimate of drug-likeness (QED) is 0.138. The number of hydrogen-bond acceptors (Lipinski definition) is 12. The van der Waals surface area contributed by atoms with Gasteiger partial charge in [0.2, 0.25) is 11.6 Å². The number of aliphatic hydroxyl groups excluding tert-OH is 3. The highest BCUT2D eigenvalue weighted by Crippen LogP contribution is 2.53. The minimum Gasteiger partial charge on any atom is -0.507 e. The predicted octanol–water partition coefficient (Wildman–Crippen LogP) is 1.83. The monoisotopic (exact) mass is 640 g/mol. The summed E-state index contributed by atoms with van der Waals surface area (Å²) < 4.78 is 5.66. The number of carbonyl (C=O) groups excluding carboxylic acids is 3. The molecule has 1 fully saturated rings. The van der Waals surface area contributed by atoms with Gasteiger partial charge in [0.05, 0.1) is 28.9 Å². The molecule has 240 valence electrons. The molecule has 1 saturated heterocycles. The minimum atomic E-state index is -2.48. The Morgan fingerprint density at radius 2 is 1.34 bits per heavy atom. The van der Waals surface area contributed by atoms with Gasteiger partial charge in [-0.2, -0.15) is 0 Å². The third kappa shape index (κ3) is 3.96. The first-order valence-corrected chi connectivity index (χ1v) is 14.6. The van der Waals surface area contributed by atoms with Crippen LogP contribution in [0, 0.1) is 13.8 Å². The van der Waals surface area contributed by atoms with Crippen LogP contribution in [0.3, 0.4) is 0 Å². The van der Waals surface area contributed by atoms with Crippen LogP contribution in [0.1, 0.15) is 70.0 Å². The summed E-state index contributed by atoms with van der Waals surface area (Å²) in [4.78, 5) is 41.7. The highest BCUT2D eigenvalue weighted by molar-refractivity contribution is 6.32. The van der Waals surface area contributed by atoms with E-state index in [1.165, 1.54) is 55.5 Å². The fourth-order valence-corrected chi connectivity index (χ4v) is 7.23. The van der Waals surface area contributed by atoms with E-state index in [1.54, 1.807) is 6.92 Å². The lowest BCUT2D eigenvalue weighted by molar-refractivity contribution is -0.231. The van der Waals surface area contributed by atoms with Crippen molar-refractivity contribution in [2.75, 3.05) is 6.61 Å². The first kappa shape index (κ1) is 30.5. The van der Waals surface area contributed by atoms with Crippen LogP contribution < -0.4 is 0 Å². The van der Waals surface area contributed by atoms with Crippen LogP contribution in [0.2, 0.25) is 0 Å². The van der Waals surface area contributed by atoms with Gasteiger partial charge in [-0.05, 0) is 43.2 Å². The number of benzene rings is 4. The Bertz CT molecular complexity index is 2100. The topological polar surface area (TPSA) is 222 Å². The third-order valence-electron chi connectivity index (χ3n) is 9.37. The molecule has 5 atom stereocenters. The second kappa shape index (κ2) is 10.2. The maximum atomic E-state index is 14.1. The van der Waals surface area contributed by atoms with Gasteiger partial charge in [0.1, 0.15) is 53.0 Å². The van der Waals surface area contributed by atoms with Crippen molar-refractivity contribution < 1.29 is 60.0 Å². The van der Waals surface area contributed by atoms with Gasteiger partial charge in [-0.15, -0.1) is 0 Å². The van der Waals surface area contributed by atoms with Gasteiger partial charge in [-0.25, -0.2) is 0 Å². The number of aliphatic hydroxyl groups is 4. The van der Waals surface area contributed by atoms with E-state index < -0.39 is 93.7 Å². The summed E-state index contributed by atoms with van der Waals surface area (Å²) in [6.07, 6.45) is -6.85. The van der Waals surface area contributed by atoms with Crippen LogP contribution in [-0.4, -0.2) is 89.2 Å². The number of phenolic OH excluding ortho intramolecular Hbond substituents is 4. The summed E-state index contributed by atoms with van der Waals surface area (Å²) in [5.41, 5.74) is -4.55. The van der Waals surface area contributed by atoms with E-state index in [0.717, 1.165) is 0 Å². The van der Waals surface area contributed by atoms with E-state index in [9.17, 15) is 55.2 Å². The Morgan fingerprint density at radius 3 is 2.06 bits per heavy atom. The number of ketones is 3. The summed E-state index contributed by atoms with van der Waals surface area (Å²) >= 11 is 0. The predicted molar refractivity (Wildman–Crippen MR) is 162 cm³/mol. The maximum absolute atomic E-state index is 14.1. The van der Waals surface area contributed by atoms with E-state index in [2.05, 4.69) is 0 Å². The lowest BCUT2D eigenvalue weighted by Crippen LogP contribution is -2.61. The van der Waals surface area contributed by atoms with Gasteiger partial charge in [0.15, 0.2) is 5.78 Å². The molecule has 1 heterocycles. The van der Waals surface area contributed by atoms with Gasteiger partial charge in [0.25, 0.3) is 0 Å². The van der Waals surface area contributed by atoms with Crippen molar-refractivity contribution in [2.24, 2.45) is 0 Å². The molecule has 0 unspecified atom stereocenters. The molecule has 8 N–H and O–H groups in total. The van der Waals surface area contributed by atoms with E-state index in [4.69, 9.17) is 4.74 Å². The van der Waals surface area contributed by atoms with Crippen LogP contribution in [0.4, 0.5) is 0 Å². The number of rotatable bonds is 2. The lowest BCUT2D eigenvalue weighted by atomic mass is 9.67. The summed E-state index contributed by atoms with van der Waals surface area (Å²) in [6.45, 7) is 2.59. The summed E-state index contributed by atoms with van der Waals surface area (Å²) in [5, 5.41) is 88.3. The van der Waals surface area contributed by atoms with Crippen LogP contribution in [0.15, 0.2) is 48.5 Å². The minimum absolute atomic E-state index is 0.0202. The van der Waals surface area contributed by atoms with E-state index in [1.807, 2.05) is 0 Å².